The van der Waals surface area contributed by atoms with E-state index >= 15 is 0 Å². The highest BCUT2D eigenvalue weighted by molar-refractivity contribution is 5.96. The maximum absolute atomic E-state index is 11.7. The van der Waals surface area contributed by atoms with E-state index in [1.54, 1.807) is 0 Å². The fraction of sp³-hybridized carbons (Fsp3) is 0.417. The number of nitrogens with one attached hydrogen (secondary N) is 1. The zero-order chi connectivity index (χ0) is 12.8. The summed E-state index contributed by atoms with van der Waals surface area (Å²) < 4.78 is 0. The molecule has 1 aromatic rings. The molecule has 0 aliphatic rings. The summed E-state index contributed by atoms with van der Waals surface area (Å²) in [5.74, 6) is -0.622. The van der Waals surface area contributed by atoms with Crippen molar-refractivity contribution in [2.24, 2.45) is 0 Å². The zero-order valence-corrected chi connectivity index (χ0v) is 10.1. The van der Waals surface area contributed by atoms with E-state index in [1.165, 1.54) is 12.1 Å². The van der Waals surface area contributed by atoms with Crippen LogP contribution in [0.25, 0.3) is 0 Å². The molecule has 0 radical (unpaired) electrons. The van der Waals surface area contributed by atoms with Crippen LogP contribution in [0, 0.1) is 0 Å². The maximum atomic E-state index is 11.7. The molecule has 1 amide bonds. The minimum absolute atomic E-state index is 0.0650. The second-order valence-electron chi connectivity index (χ2n) is 3.85. The van der Waals surface area contributed by atoms with Gasteiger partial charge in [-0.25, -0.2) is 0 Å². The van der Waals surface area contributed by atoms with Crippen LogP contribution in [0.5, 0.6) is 11.5 Å². The quantitative estimate of drug-likeness (QED) is 0.708. The van der Waals surface area contributed by atoms with Gasteiger partial charge in [0.2, 0.25) is 0 Å². The van der Waals surface area contributed by atoms with Crippen LogP contribution in [-0.4, -0.2) is 47.7 Å². The van der Waals surface area contributed by atoms with Crippen molar-refractivity contribution in [3.05, 3.63) is 23.8 Å². The zero-order valence-electron chi connectivity index (χ0n) is 10.1. The number of amides is 1. The Bertz CT molecular complexity index is 393. The first kappa shape index (κ1) is 13.3. The van der Waals surface area contributed by atoms with Crippen molar-refractivity contribution in [2.45, 2.75) is 6.92 Å². The Morgan fingerprint density at radius 2 is 2.12 bits per heavy atom. The number of hydrogen-bond acceptors (Lipinski definition) is 4. The van der Waals surface area contributed by atoms with Crippen molar-refractivity contribution in [1.29, 1.82) is 0 Å². The van der Waals surface area contributed by atoms with E-state index in [2.05, 4.69) is 10.2 Å². The van der Waals surface area contributed by atoms with Crippen molar-refractivity contribution in [1.82, 2.24) is 10.2 Å². The molecule has 0 heterocycles. The molecule has 0 saturated heterocycles. The van der Waals surface area contributed by atoms with Gasteiger partial charge in [-0.15, -0.1) is 0 Å². The molecule has 0 saturated carbocycles. The molecule has 0 fully saturated rings. The third-order valence-electron chi connectivity index (χ3n) is 2.54. The van der Waals surface area contributed by atoms with Crippen molar-refractivity contribution >= 4 is 5.91 Å². The Morgan fingerprint density at radius 3 is 2.71 bits per heavy atom. The number of hydrogen-bond donors (Lipinski definition) is 3. The van der Waals surface area contributed by atoms with Crippen LogP contribution in [-0.2, 0) is 0 Å². The standard InChI is InChI=1S/C12H18N2O3/c1-3-14(2)7-6-13-12(17)10-5-4-9(15)8-11(10)16/h4-5,8,15-16H,3,6-7H2,1-2H3,(H,13,17). The summed E-state index contributed by atoms with van der Waals surface area (Å²) in [5.41, 5.74) is 0.168. The monoisotopic (exact) mass is 238 g/mol. The van der Waals surface area contributed by atoms with E-state index in [-0.39, 0.29) is 23.0 Å². The van der Waals surface area contributed by atoms with Gasteiger partial charge in [0.25, 0.3) is 5.91 Å². The minimum atomic E-state index is -0.341. The Kier molecular flexibility index (Phi) is 4.78. The first-order valence-corrected chi connectivity index (χ1v) is 5.53. The second kappa shape index (κ2) is 6.10. The predicted octanol–water partition coefficient (Wildman–Crippen LogP) is 0.779. The predicted molar refractivity (Wildman–Crippen MR) is 65.3 cm³/mol. The fourth-order valence-corrected chi connectivity index (χ4v) is 1.33. The van der Waals surface area contributed by atoms with E-state index < -0.39 is 0 Å². The molecule has 0 atom stereocenters. The van der Waals surface area contributed by atoms with Crippen molar-refractivity contribution in [3.63, 3.8) is 0 Å². The number of rotatable bonds is 5. The topological polar surface area (TPSA) is 72.8 Å². The molecule has 1 aromatic carbocycles. The number of phenols is 2. The molecule has 5 nitrogen and oxygen atoms in total. The first-order chi connectivity index (χ1) is 8.04. The summed E-state index contributed by atoms with van der Waals surface area (Å²) in [4.78, 5) is 13.7. The van der Waals surface area contributed by atoms with E-state index in [0.717, 1.165) is 19.2 Å². The average molecular weight is 238 g/mol. The van der Waals surface area contributed by atoms with Gasteiger partial charge in [-0.2, -0.15) is 0 Å². The number of benzene rings is 1. The Balaban J connectivity index is 2.52. The van der Waals surface area contributed by atoms with Gasteiger partial charge in [0.05, 0.1) is 5.56 Å². The summed E-state index contributed by atoms with van der Waals surface area (Å²) in [6, 6.07) is 3.91. The second-order valence-corrected chi connectivity index (χ2v) is 3.85. The summed E-state index contributed by atoms with van der Waals surface area (Å²) in [7, 11) is 1.96. The van der Waals surface area contributed by atoms with Crippen molar-refractivity contribution in [2.75, 3.05) is 26.7 Å². The van der Waals surface area contributed by atoms with Gasteiger partial charge in [-0.3, -0.25) is 4.79 Å². The number of carbonyl (C=O) groups is 1. The SMILES string of the molecule is CCN(C)CCNC(=O)c1ccc(O)cc1O. The van der Waals surface area contributed by atoms with Gasteiger partial charge in [-0.05, 0) is 25.7 Å². The molecule has 1 rings (SSSR count). The van der Waals surface area contributed by atoms with Crippen LogP contribution in [0.4, 0.5) is 0 Å². The van der Waals surface area contributed by atoms with Crippen LogP contribution < -0.4 is 5.32 Å². The molecule has 0 aliphatic carbocycles. The smallest absolute Gasteiger partial charge is 0.255 e. The molecular formula is C12H18N2O3. The summed E-state index contributed by atoms with van der Waals surface area (Å²) in [6.07, 6.45) is 0. The molecule has 94 valence electrons. The Hall–Kier alpha value is -1.75. The highest BCUT2D eigenvalue weighted by Gasteiger charge is 2.10. The average Bonchev–Trinajstić information content (AvgIpc) is 2.28. The normalized spacial score (nSPS) is 10.5. The lowest BCUT2D eigenvalue weighted by molar-refractivity contribution is 0.0947. The minimum Gasteiger partial charge on any atom is -0.508 e. The summed E-state index contributed by atoms with van der Waals surface area (Å²) in [5, 5.41) is 21.3. The van der Waals surface area contributed by atoms with Gasteiger partial charge >= 0.3 is 0 Å². The lowest BCUT2D eigenvalue weighted by atomic mass is 10.2. The highest BCUT2D eigenvalue weighted by atomic mass is 16.3. The third-order valence-corrected chi connectivity index (χ3v) is 2.54. The maximum Gasteiger partial charge on any atom is 0.255 e. The van der Waals surface area contributed by atoms with Crippen molar-refractivity contribution < 1.29 is 15.0 Å². The lowest BCUT2D eigenvalue weighted by Crippen LogP contribution is -2.32. The molecule has 3 N–H and O–H groups in total. The molecule has 5 heteroatoms. The van der Waals surface area contributed by atoms with Crippen LogP contribution in [0.2, 0.25) is 0 Å². The number of likely N-dealkylation sites (N-methyl/N-ethyl adjacent to an activating group) is 1. The summed E-state index contributed by atoms with van der Waals surface area (Å²) in [6.45, 7) is 4.22. The van der Waals surface area contributed by atoms with Crippen LogP contribution in [0.3, 0.4) is 0 Å². The fourth-order valence-electron chi connectivity index (χ4n) is 1.33. The molecule has 0 aliphatic heterocycles. The van der Waals surface area contributed by atoms with Gasteiger partial charge in [0.15, 0.2) is 0 Å². The van der Waals surface area contributed by atoms with Crippen molar-refractivity contribution in [3.8, 4) is 11.5 Å². The van der Waals surface area contributed by atoms with Gasteiger partial charge in [0.1, 0.15) is 11.5 Å². The number of phenolic OH excluding ortho intramolecular Hbond substituents is 2. The van der Waals surface area contributed by atoms with E-state index in [1.807, 2.05) is 14.0 Å². The Morgan fingerprint density at radius 1 is 1.41 bits per heavy atom. The molecule has 0 spiro atoms. The van der Waals surface area contributed by atoms with E-state index in [4.69, 9.17) is 5.11 Å². The van der Waals surface area contributed by atoms with Gasteiger partial charge in [-0.1, -0.05) is 6.92 Å². The third kappa shape index (κ3) is 3.96. The Labute approximate surface area is 101 Å². The largest absolute Gasteiger partial charge is 0.508 e. The van der Waals surface area contributed by atoms with E-state index in [9.17, 15) is 9.90 Å². The molecule has 0 bridgehead atoms. The molecule has 17 heavy (non-hydrogen) atoms. The van der Waals surface area contributed by atoms with Crippen LogP contribution in [0.1, 0.15) is 17.3 Å². The van der Waals surface area contributed by atoms with Crippen LogP contribution >= 0.6 is 0 Å². The highest BCUT2D eigenvalue weighted by Crippen LogP contribution is 2.22. The molecular weight excluding hydrogens is 220 g/mol. The molecule has 0 unspecified atom stereocenters. The van der Waals surface area contributed by atoms with Gasteiger partial charge in [0, 0.05) is 19.2 Å². The van der Waals surface area contributed by atoms with E-state index in [0.29, 0.717) is 6.54 Å². The molecule has 0 aromatic heterocycles. The lowest BCUT2D eigenvalue weighted by Gasteiger charge is -2.14. The van der Waals surface area contributed by atoms with Crippen LogP contribution in [0.15, 0.2) is 18.2 Å². The first-order valence-electron chi connectivity index (χ1n) is 5.53. The number of aromatic hydroxyl groups is 2. The number of nitrogens with zero attached hydrogens (tertiary/aromatic N) is 1. The van der Waals surface area contributed by atoms with Gasteiger partial charge < -0.3 is 20.4 Å². The number of carbonyl (C=O) groups excluding carboxylic acids is 1. The summed E-state index contributed by atoms with van der Waals surface area (Å²) >= 11 is 0.